The van der Waals surface area contributed by atoms with E-state index in [1.807, 2.05) is 12.1 Å². The molecular weight excluding hydrogens is 408 g/mol. The third kappa shape index (κ3) is 3.77. The van der Waals surface area contributed by atoms with E-state index >= 15 is 0 Å². The van der Waals surface area contributed by atoms with Crippen LogP contribution in [-0.4, -0.2) is 38.6 Å². The number of ether oxygens (including phenoxy) is 3. The molecule has 0 bridgehead atoms. The molecule has 4 rings (SSSR count). The molecule has 1 aromatic heterocycles. The van der Waals surface area contributed by atoms with Crippen molar-refractivity contribution in [2.45, 2.75) is 30.3 Å². The SMILES string of the molecule is COc1cc(C2NC(C)Cc3c2[nH]c2ccc(SC)cc32)cc(OC)c1OC.Cl. The van der Waals surface area contributed by atoms with Gasteiger partial charge in [0.15, 0.2) is 11.5 Å². The maximum atomic E-state index is 5.57. The van der Waals surface area contributed by atoms with Gasteiger partial charge in [0, 0.05) is 27.5 Å². The van der Waals surface area contributed by atoms with E-state index < -0.39 is 0 Å². The summed E-state index contributed by atoms with van der Waals surface area (Å²) in [5, 5.41) is 5.04. The lowest BCUT2D eigenvalue weighted by molar-refractivity contribution is 0.322. The first kappa shape index (κ1) is 21.7. The normalized spacial score (nSPS) is 18.1. The smallest absolute Gasteiger partial charge is 0.203 e. The van der Waals surface area contributed by atoms with E-state index in [9.17, 15) is 0 Å². The summed E-state index contributed by atoms with van der Waals surface area (Å²) >= 11 is 1.77. The second kappa shape index (κ2) is 8.78. The molecule has 7 heteroatoms. The maximum absolute atomic E-state index is 5.57. The number of nitrogens with one attached hydrogen (secondary N) is 2. The van der Waals surface area contributed by atoms with Crippen molar-refractivity contribution in [2.24, 2.45) is 0 Å². The van der Waals surface area contributed by atoms with Crippen LogP contribution in [0.3, 0.4) is 0 Å². The average Bonchev–Trinajstić information content (AvgIpc) is 3.09. The number of aromatic amines is 1. The minimum atomic E-state index is 0. The number of hydrogen-bond donors (Lipinski definition) is 2. The fraction of sp³-hybridized carbons (Fsp3) is 0.364. The highest BCUT2D eigenvalue weighted by molar-refractivity contribution is 7.98. The first-order valence-electron chi connectivity index (χ1n) is 9.34. The van der Waals surface area contributed by atoms with Gasteiger partial charge < -0.3 is 24.5 Å². The summed E-state index contributed by atoms with van der Waals surface area (Å²) in [7, 11) is 4.92. The zero-order chi connectivity index (χ0) is 19.8. The van der Waals surface area contributed by atoms with Crippen LogP contribution in [0, 0.1) is 0 Å². The number of hydrogen-bond acceptors (Lipinski definition) is 5. The Labute approximate surface area is 181 Å². The zero-order valence-electron chi connectivity index (χ0n) is 17.3. The lowest BCUT2D eigenvalue weighted by Crippen LogP contribution is -2.37. The zero-order valence-corrected chi connectivity index (χ0v) is 18.9. The molecule has 2 atom stereocenters. The van der Waals surface area contributed by atoms with Crippen molar-refractivity contribution in [3.63, 3.8) is 0 Å². The monoisotopic (exact) mass is 434 g/mol. The number of thioether (sulfide) groups is 1. The molecule has 2 heterocycles. The molecule has 0 amide bonds. The highest BCUT2D eigenvalue weighted by Gasteiger charge is 2.30. The van der Waals surface area contributed by atoms with Crippen molar-refractivity contribution < 1.29 is 14.2 Å². The van der Waals surface area contributed by atoms with Gasteiger partial charge in [-0.15, -0.1) is 24.2 Å². The highest BCUT2D eigenvalue weighted by atomic mass is 35.5. The molecule has 2 N–H and O–H groups in total. The minimum absolute atomic E-state index is 0. The summed E-state index contributed by atoms with van der Waals surface area (Å²) in [6.45, 7) is 2.23. The number of benzene rings is 2. The molecule has 2 unspecified atom stereocenters. The summed E-state index contributed by atoms with van der Waals surface area (Å²) in [4.78, 5) is 4.94. The van der Waals surface area contributed by atoms with Gasteiger partial charge in [-0.05, 0) is 61.1 Å². The van der Waals surface area contributed by atoms with Gasteiger partial charge in [-0.3, -0.25) is 0 Å². The Balaban J connectivity index is 0.00000240. The fourth-order valence-electron chi connectivity index (χ4n) is 4.10. The third-order valence-electron chi connectivity index (χ3n) is 5.42. The van der Waals surface area contributed by atoms with Crippen molar-refractivity contribution in [1.29, 1.82) is 0 Å². The van der Waals surface area contributed by atoms with Crippen LogP contribution in [0.2, 0.25) is 0 Å². The lowest BCUT2D eigenvalue weighted by Gasteiger charge is -2.30. The lowest BCUT2D eigenvalue weighted by atomic mass is 9.90. The molecule has 0 fully saturated rings. The van der Waals surface area contributed by atoms with Crippen molar-refractivity contribution in [3.8, 4) is 17.2 Å². The third-order valence-corrected chi connectivity index (χ3v) is 6.14. The number of halogens is 1. The molecule has 5 nitrogen and oxygen atoms in total. The first-order chi connectivity index (χ1) is 13.6. The van der Waals surface area contributed by atoms with Gasteiger partial charge in [0.25, 0.3) is 0 Å². The number of methoxy groups -OCH3 is 3. The van der Waals surface area contributed by atoms with Crippen LogP contribution in [0.1, 0.15) is 29.8 Å². The number of aromatic nitrogens is 1. The van der Waals surface area contributed by atoms with Crippen LogP contribution < -0.4 is 19.5 Å². The van der Waals surface area contributed by atoms with E-state index in [0.29, 0.717) is 23.3 Å². The second-order valence-electron chi connectivity index (χ2n) is 7.09. The first-order valence-corrected chi connectivity index (χ1v) is 10.6. The van der Waals surface area contributed by atoms with Gasteiger partial charge in [-0.2, -0.15) is 0 Å². The van der Waals surface area contributed by atoms with E-state index in [1.165, 1.54) is 27.1 Å². The average molecular weight is 435 g/mol. The van der Waals surface area contributed by atoms with Crippen LogP contribution in [0.15, 0.2) is 35.2 Å². The quantitative estimate of drug-likeness (QED) is 0.556. The topological polar surface area (TPSA) is 55.5 Å². The Morgan fingerprint density at radius 1 is 1.00 bits per heavy atom. The molecule has 1 aliphatic heterocycles. The molecular formula is C22H27ClN2O3S. The van der Waals surface area contributed by atoms with E-state index in [4.69, 9.17) is 14.2 Å². The van der Waals surface area contributed by atoms with Crippen LogP contribution in [0.4, 0.5) is 0 Å². The minimum Gasteiger partial charge on any atom is -0.493 e. The molecule has 0 saturated heterocycles. The number of fused-ring (bicyclic) bond motifs is 3. The van der Waals surface area contributed by atoms with Crippen LogP contribution in [-0.2, 0) is 6.42 Å². The standard InChI is InChI=1S/C22H26N2O3S.ClH/c1-12-8-16-15-11-14(28-5)6-7-17(15)24-21(16)20(23-12)13-9-18(25-2)22(27-4)19(10-13)26-3;/h6-7,9-12,20,23-24H,8H2,1-5H3;1H. The van der Waals surface area contributed by atoms with Crippen LogP contribution >= 0.6 is 24.2 Å². The van der Waals surface area contributed by atoms with Crippen molar-refractivity contribution in [2.75, 3.05) is 27.6 Å². The Bertz CT molecular complexity index is 996. The largest absolute Gasteiger partial charge is 0.493 e. The Morgan fingerprint density at radius 3 is 2.28 bits per heavy atom. The Morgan fingerprint density at radius 2 is 1.69 bits per heavy atom. The van der Waals surface area contributed by atoms with Crippen LogP contribution in [0.25, 0.3) is 10.9 Å². The predicted molar refractivity (Wildman–Crippen MR) is 122 cm³/mol. The molecule has 2 aromatic carbocycles. The van der Waals surface area contributed by atoms with Gasteiger partial charge in [-0.1, -0.05) is 0 Å². The fourth-order valence-corrected chi connectivity index (χ4v) is 4.54. The van der Waals surface area contributed by atoms with E-state index in [2.05, 4.69) is 41.7 Å². The van der Waals surface area contributed by atoms with Crippen molar-refractivity contribution >= 4 is 35.1 Å². The predicted octanol–water partition coefficient (Wildman–Crippen LogP) is 4.96. The summed E-state index contributed by atoms with van der Waals surface area (Å²) in [6, 6.07) is 11.1. The summed E-state index contributed by atoms with van der Waals surface area (Å²) in [5.74, 6) is 1.94. The molecule has 29 heavy (non-hydrogen) atoms. The van der Waals surface area contributed by atoms with E-state index in [-0.39, 0.29) is 18.4 Å². The van der Waals surface area contributed by atoms with Gasteiger partial charge in [0.05, 0.1) is 27.4 Å². The van der Waals surface area contributed by atoms with E-state index in [1.54, 1.807) is 33.1 Å². The number of H-pyrrole nitrogens is 1. The number of rotatable bonds is 5. The van der Waals surface area contributed by atoms with Crippen molar-refractivity contribution in [3.05, 3.63) is 47.2 Å². The Hall–Kier alpha value is -2.02. The molecule has 1 aliphatic rings. The highest BCUT2D eigenvalue weighted by Crippen LogP contribution is 2.43. The molecule has 156 valence electrons. The summed E-state index contributed by atoms with van der Waals surface area (Å²) in [5.41, 5.74) is 4.85. The van der Waals surface area contributed by atoms with E-state index in [0.717, 1.165) is 12.0 Å². The molecule has 0 aliphatic carbocycles. The molecule has 0 radical (unpaired) electrons. The molecule has 0 spiro atoms. The van der Waals surface area contributed by atoms with Crippen LogP contribution in [0.5, 0.6) is 17.2 Å². The van der Waals surface area contributed by atoms with Gasteiger partial charge >= 0.3 is 0 Å². The van der Waals surface area contributed by atoms with Gasteiger partial charge in [0.1, 0.15) is 0 Å². The molecule has 3 aromatic rings. The van der Waals surface area contributed by atoms with Gasteiger partial charge in [-0.25, -0.2) is 0 Å². The van der Waals surface area contributed by atoms with Gasteiger partial charge in [0.2, 0.25) is 5.75 Å². The molecule has 0 saturated carbocycles. The summed E-state index contributed by atoms with van der Waals surface area (Å²) < 4.78 is 16.6. The van der Waals surface area contributed by atoms with Crippen molar-refractivity contribution in [1.82, 2.24) is 10.3 Å². The summed E-state index contributed by atoms with van der Waals surface area (Å²) in [6.07, 6.45) is 3.11. The second-order valence-corrected chi connectivity index (χ2v) is 7.97. The Kier molecular flexibility index (Phi) is 6.56. The maximum Gasteiger partial charge on any atom is 0.203 e.